The Morgan fingerprint density at radius 1 is 1.32 bits per heavy atom. The Morgan fingerprint density at radius 3 is 2.74 bits per heavy atom. The second-order valence-electron chi connectivity index (χ2n) is 4.06. The number of benzene rings is 1. The van der Waals surface area contributed by atoms with Crippen molar-refractivity contribution in [3.63, 3.8) is 0 Å². The summed E-state index contributed by atoms with van der Waals surface area (Å²) >= 11 is 0. The first-order chi connectivity index (χ1) is 9.01. The highest BCUT2D eigenvalue weighted by molar-refractivity contribution is 5.68. The topological polar surface area (TPSA) is 87.6 Å². The number of aromatic nitrogens is 2. The molecular formula is C13H12FN5. The van der Waals surface area contributed by atoms with Crippen LogP contribution in [0.2, 0.25) is 0 Å². The predicted octanol–water partition coefficient (Wildman–Crippen LogP) is 2.43. The van der Waals surface area contributed by atoms with Gasteiger partial charge >= 0.3 is 0 Å². The summed E-state index contributed by atoms with van der Waals surface area (Å²) in [7, 11) is 0. The molecule has 0 saturated carbocycles. The van der Waals surface area contributed by atoms with Gasteiger partial charge in [-0.3, -0.25) is 0 Å². The lowest BCUT2D eigenvalue weighted by atomic mass is 10.2. The van der Waals surface area contributed by atoms with Gasteiger partial charge < -0.3 is 11.1 Å². The van der Waals surface area contributed by atoms with Gasteiger partial charge in [0.15, 0.2) is 0 Å². The predicted molar refractivity (Wildman–Crippen MR) is 70.3 cm³/mol. The molecule has 6 heteroatoms. The van der Waals surface area contributed by atoms with Crippen LogP contribution in [0.4, 0.5) is 21.7 Å². The number of halogens is 1. The smallest absolute Gasteiger partial charge is 0.139 e. The van der Waals surface area contributed by atoms with Gasteiger partial charge in [-0.1, -0.05) is 0 Å². The molecule has 5 nitrogen and oxygen atoms in total. The van der Waals surface area contributed by atoms with Gasteiger partial charge in [0.2, 0.25) is 0 Å². The van der Waals surface area contributed by atoms with Gasteiger partial charge in [-0.25, -0.2) is 14.4 Å². The zero-order valence-electron chi connectivity index (χ0n) is 10.5. The maximum Gasteiger partial charge on any atom is 0.139 e. The second-order valence-corrected chi connectivity index (χ2v) is 4.06. The highest BCUT2D eigenvalue weighted by atomic mass is 19.1. The minimum atomic E-state index is -0.461. The summed E-state index contributed by atoms with van der Waals surface area (Å²) in [4.78, 5) is 8.26. The minimum absolute atomic E-state index is 0.203. The van der Waals surface area contributed by atoms with Crippen LogP contribution in [0, 0.1) is 31.0 Å². The molecule has 2 aromatic rings. The molecule has 0 aliphatic rings. The lowest BCUT2D eigenvalue weighted by Crippen LogP contribution is -2.05. The van der Waals surface area contributed by atoms with Crippen LogP contribution in [0.15, 0.2) is 18.2 Å². The lowest BCUT2D eigenvalue weighted by molar-refractivity contribution is 0.627. The van der Waals surface area contributed by atoms with Crippen LogP contribution >= 0.6 is 0 Å². The summed E-state index contributed by atoms with van der Waals surface area (Å²) < 4.78 is 13.1. The average molecular weight is 257 g/mol. The van der Waals surface area contributed by atoms with Gasteiger partial charge in [-0.05, 0) is 32.0 Å². The van der Waals surface area contributed by atoms with E-state index < -0.39 is 5.82 Å². The molecule has 0 aliphatic heterocycles. The number of hydrogen-bond acceptors (Lipinski definition) is 5. The number of nitrogens with one attached hydrogen (secondary N) is 1. The van der Waals surface area contributed by atoms with E-state index in [1.807, 2.05) is 6.07 Å². The molecule has 0 unspecified atom stereocenters. The number of nitriles is 1. The molecule has 96 valence electrons. The Labute approximate surface area is 109 Å². The number of nitrogens with two attached hydrogens (primary N) is 1. The fourth-order valence-electron chi connectivity index (χ4n) is 1.62. The number of hydrogen-bond donors (Lipinski definition) is 2. The van der Waals surface area contributed by atoms with Crippen molar-refractivity contribution in [3.05, 3.63) is 41.0 Å². The second kappa shape index (κ2) is 4.90. The van der Waals surface area contributed by atoms with Gasteiger partial charge in [-0.2, -0.15) is 5.26 Å². The van der Waals surface area contributed by atoms with Crippen molar-refractivity contribution in [2.24, 2.45) is 0 Å². The van der Waals surface area contributed by atoms with Crippen molar-refractivity contribution in [1.29, 1.82) is 5.26 Å². The van der Waals surface area contributed by atoms with Crippen molar-refractivity contribution < 1.29 is 4.39 Å². The standard InChI is InChI=1S/C13H12FN5/c1-7-12(16)17-8(2)18-13(7)19-11-4-3-10(14)5-9(11)6-15/h3-5H,1-2H3,(H3,16,17,18,19). The summed E-state index contributed by atoms with van der Waals surface area (Å²) in [6.45, 7) is 3.49. The molecule has 0 spiro atoms. The van der Waals surface area contributed by atoms with E-state index in [1.165, 1.54) is 12.1 Å². The number of rotatable bonds is 2. The van der Waals surface area contributed by atoms with E-state index in [0.717, 1.165) is 6.07 Å². The van der Waals surface area contributed by atoms with E-state index in [1.54, 1.807) is 13.8 Å². The van der Waals surface area contributed by atoms with Crippen molar-refractivity contribution >= 4 is 17.3 Å². The third-order valence-corrected chi connectivity index (χ3v) is 2.65. The van der Waals surface area contributed by atoms with Gasteiger partial charge in [0.25, 0.3) is 0 Å². The maximum absolute atomic E-state index is 13.1. The summed E-state index contributed by atoms with van der Waals surface area (Å²) in [5.74, 6) is 0.937. The number of nitrogen functional groups attached to an aromatic ring is 1. The molecular weight excluding hydrogens is 245 g/mol. The fourth-order valence-corrected chi connectivity index (χ4v) is 1.62. The quantitative estimate of drug-likeness (QED) is 0.862. The molecule has 2 rings (SSSR count). The van der Waals surface area contributed by atoms with Crippen molar-refractivity contribution in [2.45, 2.75) is 13.8 Å². The van der Waals surface area contributed by atoms with E-state index in [9.17, 15) is 4.39 Å². The van der Waals surface area contributed by atoms with E-state index in [2.05, 4.69) is 15.3 Å². The monoisotopic (exact) mass is 257 g/mol. The summed E-state index contributed by atoms with van der Waals surface area (Å²) in [5.41, 5.74) is 7.11. The van der Waals surface area contributed by atoms with Crippen LogP contribution in [-0.4, -0.2) is 9.97 Å². The van der Waals surface area contributed by atoms with E-state index >= 15 is 0 Å². The molecule has 3 N–H and O–H groups in total. The van der Waals surface area contributed by atoms with E-state index in [-0.39, 0.29) is 5.56 Å². The van der Waals surface area contributed by atoms with Gasteiger partial charge in [-0.15, -0.1) is 0 Å². The van der Waals surface area contributed by atoms with Crippen LogP contribution in [-0.2, 0) is 0 Å². The Morgan fingerprint density at radius 2 is 2.05 bits per heavy atom. The molecule has 0 saturated heterocycles. The molecule has 19 heavy (non-hydrogen) atoms. The van der Waals surface area contributed by atoms with E-state index in [0.29, 0.717) is 28.7 Å². The first-order valence-corrected chi connectivity index (χ1v) is 5.58. The van der Waals surface area contributed by atoms with Crippen molar-refractivity contribution in [3.8, 4) is 6.07 Å². The zero-order chi connectivity index (χ0) is 14.0. The first kappa shape index (κ1) is 12.8. The first-order valence-electron chi connectivity index (χ1n) is 5.58. The Balaban J connectivity index is 2.45. The normalized spacial score (nSPS) is 10.0. The maximum atomic E-state index is 13.1. The van der Waals surface area contributed by atoms with Gasteiger partial charge in [0.1, 0.15) is 29.3 Å². The van der Waals surface area contributed by atoms with Crippen LogP contribution < -0.4 is 11.1 Å². The van der Waals surface area contributed by atoms with Crippen molar-refractivity contribution in [2.75, 3.05) is 11.1 Å². The molecule has 1 heterocycles. The number of anilines is 3. The molecule has 0 atom stereocenters. The molecule has 0 radical (unpaired) electrons. The Bertz CT molecular complexity index is 675. The highest BCUT2D eigenvalue weighted by Gasteiger charge is 2.10. The molecule has 0 bridgehead atoms. The average Bonchev–Trinajstić information content (AvgIpc) is 2.37. The Hall–Kier alpha value is -2.68. The summed E-state index contributed by atoms with van der Waals surface area (Å²) in [6.07, 6.45) is 0. The molecule has 0 aliphatic carbocycles. The van der Waals surface area contributed by atoms with Crippen molar-refractivity contribution in [1.82, 2.24) is 9.97 Å². The van der Waals surface area contributed by atoms with Crippen LogP contribution in [0.25, 0.3) is 0 Å². The van der Waals surface area contributed by atoms with Crippen LogP contribution in [0.3, 0.4) is 0 Å². The fraction of sp³-hybridized carbons (Fsp3) is 0.154. The Kier molecular flexibility index (Phi) is 3.29. The SMILES string of the molecule is Cc1nc(N)c(C)c(Nc2ccc(F)cc2C#N)n1. The van der Waals surface area contributed by atoms with Crippen LogP contribution in [0.1, 0.15) is 17.0 Å². The van der Waals surface area contributed by atoms with Gasteiger partial charge in [0, 0.05) is 5.56 Å². The minimum Gasteiger partial charge on any atom is -0.383 e. The highest BCUT2D eigenvalue weighted by Crippen LogP contribution is 2.24. The third-order valence-electron chi connectivity index (χ3n) is 2.65. The lowest BCUT2D eigenvalue weighted by Gasteiger charge is -2.11. The van der Waals surface area contributed by atoms with Gasteiger partial charge in [0.05, 0.1) is 11.3 Å². The third kappa shape index (κ3) is 2.60. The molecule has 0 amide bonds. The van der Waals surface area contributed by atoms with Crippen LogP contribution in [0.5, 0.6) is 0 Å². The number of aryl methyl sites for hydroxylation is 1. The summed E-state index contributed by atoms with van der Waals surface area (Å²) in [5, 5.41) is 12.0. The van der Waals surface area contributed by atoms with E-state index in [4.69, 9.17) is 11.0 Å². The molecule has 1 aromatic carbocycles. The molecule has 1 aromatic heterocycles. The zero-order valence-corrected chi connectivity index (χ0v) is 10.5. The number of nitrogens with zero attached hydrogens (tertiary/aromatic N) is 3. The largest absolute Gasteiger partial charge is 0.383 e. The molecule has 0 fully saturated rings. The summed E-state index contributed by atoms with van der Waals surface area (Å²) in [6, 6.07) is 5.85.